The van der Waals surface area contributed by atoms with E-state index < -0.39 is 0 Å². The third-order valence-corrected chi connectivity index (χ3v) is 2.96. The summed E-state index contributed by atoms with van der Waals surface area (Å²) in [5, 5.41) is 8.14. The quantitative estimate of drug-likeness (QED) is 0.767. The van der Waals surface area contributed by atoms with Crippen LogP contribution in [0.1, 0.15) is 29.5 Å². The maximum atomic E-state index is 12.2. The molecule has 2 aromatic rings. The Hall–Kier alpha value is -2.76. The molecular weight excluding hydrogens is 282 g/mol. The molecule has 6 nitrogen and oxygen atoms in total. The van der Waals surface area contributed by atoms with Gasteiger partial charge in [-0.1, -0.05) is 19.1 Å². The summed E-state index contributed by atoms with van der Waals surface area (Å²) in [5.41, 5.74) is 0.869. The van der Waals surface area contributed by atoms with Crippen molar-refractivity contribution in [1.29, 1.82) is 0 Å². The highest BCUT2D eigenvalue weighted by Crippen LogP contribution is 2.15. The molecule has 0 bridgehead atoms. The van der Waals surface area contributed by atoms with Crippen molar-refractivity contribution >= 4 is 17.6 Å². The second-order valence-electron chi connectivity index (χ2n) is 4.69. The van der Waals surface area contributed by atoms with Crippen LogP contribution in [0, 0.1) is 0 Å². The van der Waals surface area contributed by atoms with Crippen molar-refractivity contribution in [2.24, 2.45) is 0 Å². The minimum Gasteiger partial charge on any atom is -0.467 e. The fourth-order valence-electron chi connectivity index (χ4n) is 1.87. The van der Waals surface area contributed by atoms with Crippen molar-refractivity contribution in [1.82, 2.24) is 10.6 Å². The molecule has 1 aromatic carbocycles. The zero-order valence-corrected chi connectivity index (χ0v) is 12.4. The molecule has 1 heterocycles. The minimum absolute atomic E-state index is 0.275. The number of carbonyl (C=O) groups excluding carboxylic acids is 2. The summed E-state index contributed by atoms with van der Waals surface area (Å²) < 4.78 is 5.16. The van der Waals surface area contributed by atoms with Crippen molar-refractivity contribution in [2.45, 2.75) is 19.9 Å². The number of hydrogen-bond donors (Lipinski definition) is 3. The number of nitrogens with one attached hydrogen (secondary N) is 3. The molecular formula is C16H19N3O3. The highest BCUT2D eigenvalue weighted by molar-refractivity contribution is 6.03. The van der Waals surface area contributed by atoms with Gasteiger partial charge in [0.1, 0.15) is 5.76 Å². The summed E-state index contributed by atoms with van der Waals surface area (Å²) >= 11 is 0. The van der Waals surface area contributed by atoms with Gasteiger partial charge in [-0.25, -0.2) is 4.79 Å². The van der Waals surface area contributed by atoms with Gasteiger partial charge in [-0.2, -0.15) is 0 Å². The molecule has 0 aliphatic carbocycles. The largest absolute Gasteiger partial charge is 0.467 e. The van der Waals surface area contributed by atoms with E-state index in [1.807, 2.05) is 6.92 Å². The molecule has 0 radical (unpaired) electrons. The third-order valence-electron chi connectivity index (χ3n) is 2.96. The van der Waals surface area contributed by atoms with Gasteiger partial charge >= 0.3 is 6.03 Å². The zero-order chi connectivity index (χ0) is 15.8. The van der Waals surface area contributed by atoms with Gasteiger partial charge in [0.15, 0.2) is 0 Å². The number of furan rings is 1. The first-order valence-corrected chi connectivity index (χ1v) is 7.15. The number of urea groups is 1. The SMILES string of the molecule is CCCNC(=O)Nc1ccccc1C(=O)NCc1ccco1. The van der Waals surface area contributed by atoms with Crippen molar-refractivity contribution in [2.75, 3.05) is 11.9 Å². The average molecular weight is 301 g/mol. The van der Waals surface area contributed by atoms with Crippen LogP contribution in [0.15, 0.2) is 47.1 Å². The summed E-state index contributed by atoms with van der Waals surface area (Å²) in [6.45, 7) is 2.84. The molecule has 0 aliphatic rings. The summed E-state index contributed by atoms with van der Waals surface area (Å²) in [4.78, 5) is 24.0. The average Bonchev–Trinajstić information content (AvgIpc) is 3.04. The van der Waals surface area contributed by atoms with Gasteiger partial charge in [-0.3, -0.25) is 4.79 Å². The van der Waals surface area contributed by atoms with E-state index in [-0.39, 0.29) is 11.9 Å². The molecule has 0 saturated heterocycles. The van der Waals surface area contributed by atoms with Gasteiger partial charge in [0.05, 0.1) is 24.1 Å². The Morgan fingerprint density at radius 3 is 2.64 bits per heavy atom. The van der Waals surface area contributed by atoms with E-state index in [1.54, 1.807) is 42.7 Å². The molecule has 3 amide bonds. The molecule has 6 heteroatoms. The number of amides is 3. The van der Waals surface area contributed by atoms with Crippen molar-refractivity contribution < 1.29 is 14.0 Å². The molecule has 3 N–H and O–H groups in total. The standard InChI is InChI=1S/C16H19N3O3/c1-2-9-17-16(21)19-14-8-4-3-7-13(14)15(20)18-11-12-6-5-10-22-12/h3-8,10H,2,9,11H2,1H3,(H,18,20)(H2,17,19,21). The first-order valence-electron chi connectivity index (χ1n) is 7.15. The van der Waals surface area contributed by atoms with Gasteiger partial charge in [0, 0.05) is 6.54 Å². The van der Waals surface area contributed by atoms with Crippen LogP contribution in [0.25, 0.3) is 0 Å². The number of anilines is 1. The van der Waals surface area contributed by atoms with Crippen LogP contribution in [0.5, 0.6) is 0 Å². The van der Waals surface area contributed by atoms with Crippen LogP contribution in [-0.2, 0) is 6.54 Å². The number of rotatable bonds is 6. The molecule has 0 atom stereocenters. The maximum absolute atomic E-state index is 12.2. The first-order chi connectivity index (χ1) is 10.7. The lowest BCUT2D eigenvalue weighted by Crippen LogP contribution is -2.31. The van der Waals surface area contributed by atoms with E-state index in [9.17, 15) is 9.59 Å². The third kappa shape index (κ3) is 4.37. The Morgan fingerprint density at radius 1 is 1.09 bits per heavy atom. The molecule has 0 fully saturated rings. The van der Waals surface area contributed by atoms with Gasteiger partial charge in [0.2, 0.25) is 0 Å². The van der Waals surface area contributed by atoms with E-state index in [0.29, 0.717) is 30.1 Å². The molecule has 2 rings (SSSR count). The molecule has 22 heavy (non-hydrogen) atoms. The summed E-state index contributed by atoms with van der Waals surface area (Å²) in [7, 11) is 0. The Balaban J connectivity index is 2.00. The van der Waals surface area contributed by atoms with Gasteiger partial charge < -0.3 is 20.4 Å². The van der Waals surface area contributed by atoms with E-state index in [4.69, 9.17) is 4.42 Å². The highest BCUT2D eigenvalue weighted by atomic mass is 16.3. The smallest absolute Gasteiger partial charge is 0.319 e. The fraction of sp³-hybridized carbons (Fsp3) is 0.250. The summed E-state index contributed by atoms with van der Waals surface area (Å²) in [5.74, 6) is 0.391. The predicted molar refractivity (Wildman–Crippen MR) is 83.6 cm³/mol. The lowest BCUT2D eigenvalue weighted by molar-refractivity contribution is 0.0949. The lowest BCUT2D eigenvalue weighted by Gasteiger charge is -2.11. The molecule has 116 valence electrons. The van der Waals surface area contributed by atoms with E-state index in [0.717, 1.165) is 6.42 Å². The van der Waals surface area contributed by atoms with Crippen LogP contribution in [0.3, 0.4) is 0 Å². The molecule has 0 spiro atoms. The lowest BCUT2D eigenvalue weighted by atomic mass is 10.1. The molecule has 0 aliphatic heterocycles. The first kappa shape index (κ1) is 15.6. The van der Waals surface area contributed by atoms with Crippen LogP contribution in [-0.4, -0.2) is 18.5 Å². The van der Waals surface area contributed by atoms with Gasteiger partial charge in [-0.15, -0.1) is 0 Å². The number of para-hydroxylation sites is 1. The topological polar surface area (TPSA) is 83.4 Å². The highest BCUT2D eigenvalue weighted by Gasteiger charge is 2.12. The fourth-order valence-corrected chi connectivity index (χ4v) is 1.87. The number of hydrogen-bond acceptors (Lipinski definition) is 3. The summed E-state index contributed by atoms with van der Waals surface area (Å²) in [6, 6.07) is 10.1. The minimum atomic E-state index is -0.326. The maximum Gasteiger partial charge on any atom is 0.319 e. The van der Waals surface area contributed by atoms with E-state index >= 15 is 0 Å². The van der Waals surface area contributed by atoms with Gasteiger partial charge in [0.25, 0.3) is 5.91 Å². The predicted octanol–water partition coefficient (Wildman–Crippen LogP) is 2.74. The molecule has 0 unspecified atom stereocenters. The Kier molecular flexibility index (Phi) is 5.59. The monoisotopic (exact) mass is 301 g/mol. The van der Waals surface area contributed by atoms with Gasteiger partial charge in [-0.05, 0) is 30.7 Å². The Labute approximate surface area is 128 Å². The van der Waals surface area contributed by atoms with E-state index in [1.165, 1.54) is 0 Å². The van der Waals surface area contributed by atoms with Crippen molar-refractivity contribution in [3.8, 4) is 0 Å². The van der Waals surface area contributed by atoms with Crippen LogP contribution < -0.4 is 16.0 Å². The van der Waals surface area contributed by atoms with Crippen molar-refractivity contribution in [3.63, 3.8) is 0 Å². The molecule has 0 saturated carbocycles. The van der Waals surface area contributed by atoms with Crippen LogP contribution in [0.4, 0.5) is 10.5 Å². The molecule has 1 aromatic heterocycles. The second-order valence-corrected chi connectivity index (χ2v) is 4.69. The number of benzene rings is 1. The normalized spacial score (nSPS) is 10.0. The van der Waals surface area contributed by atoms with Crippen LogP contribution >= 0.6 is 0 Å². The Morgan fingerprint density at radius 2 is 1.91 bits per heavy atom. The van der Waals surface area contributed by atoms with Crippen LogP contribution in [0.2, 0.25) is 0 Å². The second kappa shape index (κ2) is 7.87. The zero-order valence-electron chi connectivity index (χ0n) is 12.4. The number of carbonyl (C=O) groups is 2. The Bertz CT molecular complexity index is 623. The van der Waals surface area contributed by atoms with Crippen molar-refractivity contribution in [3.05, 3.63) is 54.0 Å². The van der Waals surface area contributed by atoms with E-state index in [2.05, 4.69) is 16.0 Å². The summed E-state index contributed by atoms with van der Waals surface area (Å²) in [6.07, 6.45) is 2.40.